The third-order valence-electron chi connectivity index (χ3n) is 5.91. The molecule has 3 aromatic carbocycles. The number of nitrogens with zero attached hydrogens (tertiary/aromatic N) is 2. The van der Waals surface area contributed by atoms with Crippen molar-refractivity contribution >= 4 is 21.8 Å². The number of nitrogens with one attached hydrogen (secondary N) is 1. The molecule has 7 nitrogen and oxygen atoms in total. The van der Waals surface area contributed by atoms with Crippen LogP contribution in [0.4, 0.5) is 4.39 Å². The Labute approximate surface area is 204 Å². The highest BCUT2D eigenvalue weighted by atomic mass is 32.2. The van der Waals surface area contributed by atoms with Crippen LogP contribution in [0.2, 0.25) is 0 Å². The van der Waals surface area contributed by atoms with Gasteiger partial charge in [-0.1, -0.05) is 54.6 Å². The van der Waals surface area contributed by atoms with Crippen LogP contribution in [0.25, 0.3) is 0 Å². The van der Waals surface area contributed by atoms with Crippen molar-refractivity contribution in [3.8, 4) is 0 Å². The minimum absolute atomic E-state index is 0.0786. The van der Waals surface area contributed by atoms with Crippen molar-refractivity contribution in [1.82, 2.24) is 14.5 Å². The Balaban J connectivity index is 1.47. The minimum atomic E-state index is -3.87. The van der Waals surface area contributed by atoms with Crippen LogP contribution in [0.1, 0.15) is 15.9 Å². The first-order valence-corrected chi connectivity index (χ1v) is 12.7. The van der Waals surface area contributed by atoms with Gasteiger partial charge in [0.1, 0.15) is 11.9 Å². The summed E-state index contributed by atoms with van der Waals surface area (Å²) in [7, 11) is -3.87. The van der Waals surface area contributed by atoms with Crippen LogP contribution >= 0.6 is 0 Å². The van der Waals surface area contributed by atoms with E-state index in [1.807, 2.05) is 30.3 Å². The molecule has 9 heteroatoms. The van der Waals surface area contributed by atoms with E-state index in [1.165, 1.54) is 22.5 Å². The van der Waals surface area contributed by atoms with E-state index >= 15 is 0 Å². The van der Waals surface area contributed by atoms with Crippen molar-refractivity contribution in [2.24, 2.45) is 0 Å². The zero-order chi connectivity index (χ0) is 24.8. The summed E-state index contributed by atoms with van der Waals surface area (Å²) in [6.45, 7) is 0.490. The fourth-order valence-electron chi connectivity index (χ4n) is 4.03. The Morgan fingerprint density at radius 3 is 2.11 bits per heavy atom. The molecule has 182 valence electrons. The Morgan fingerprint density at radius 1 is 0.857 bits per heavy atom. The fraction of sp³-hybridized carbons (Fsp3) is 0.231. The average molecular weight is 496 g/mol. The van der Waals surface area contributed by atoms with Gasteiger partial charge in [-0.25, -0.2) is 12.8 Å². The lowest BCUT2D eigenvalue weighted by Crippen LogP contribution is -2.56. The third kappa shape index (κ3) is 5.93. The van der Waals surface area contributed by atoms with Gasteiger partial charge in [0.15, 0.2) is 0 Å². The predicted octanol–water partition coefficient (Wildman–Crippen LogP) is 2.70. The molecule has 1 aliphatic rings. The molecule has 3 aromatic rings. The zero-order valence-electron chi connectivity index (χ0n) is 19.0. The molecule has 1 N–H and O–H groups in total. The molecule has 0 aromatic heterocycles. The Morgan fingerprint density at radius 2 is 1.49 bits per heavy atom. The van der Waals surface area contributed by atoms with Crippen molar-refractivity contribution < 1.29 is 22.4 Å². The molecular weight excluding hydrogens is 469 g/mol. The van der Waals surface area contributed by atoms with Gasteiger partial charge in [0.05, 0.1) is 4.90 Å². The first kappa shape index (κ1) is 24.6. The van der Waals surface area contributed by atoms with Crippen LogP contribution in [0, 0.1) is 5.82 Å². The van der Waals surface area contributed by atoms with Crippen LogP contribution < -0.4 is 5.32 Å². The molecule has 2 amide bonds. The number of hydrogen-bond acceptors (Lipinski definition) is 4. The highest BCUT2D eigenvalue weighted by molar-refractivity contribution is 7.89. The van der Waals surface area contributed by atoms with Crippen LogP contribution in [0.15, 0.2) is 89.8 Å². The number of amides is 2. The standard InChI is InChI=1S/C26H26FN3O4S/c27-22-12-7-13-23(19-22)35(33,34)30-16-14-29(15-17-30)26(32)24(18-20-8-3-1-4-9-20)28-25(31)21-10-5-2-6-11-21/h1-13,19,24H,14-18H2,(H,28,31)/t24-/m0/s1. The number of benzene rings is 3. The van der Waals surface area contributed by atoms with Gasteiger partial charge in [-0.3, -0.25) is 9.59 Å². The quantitative estimate of drug-likeness (QED) is 0.546. The summed E-state index contributed by atoms with van der Waals surface area (Å²) in [5.74, 6) is -1.26. The van der Waals surface area contributed by atoms with Gasteiger partial charge in [-0.15, -0.1) is 0 Å². The summed E-state index contributed by atoms with van der Waals surface area (Å²) in [6.07, 6.45) is 0.306. The second kappa shape index (κ2) is 10.8. The minimum Gasteiger partial charge on any atom is -0.340 e. The van der Waals surface area contributed by atoms with E-state index in [9.17, 15) is 22.4 Å². The molecule has 1 heterocycles. The smallest absolute Gasteiger partial charge is 0.251 e. The first-order chi connectivity index (χ1) is 16.8. The first-order valence-electron chi connectivity index (χ1n) is 11.3. The number of carbonyl (C=O) groups excluding carboxylic acids is 2. The molecule has 1 saturated heterocycles. The van der Waals surface area contributed by atoms with E-state index < -0.39 is 21.9 Å². The maximum atomic E-state index is 13.6. The number of carbonyl (C=O) groups is 2. The maximum Gasteiger partial charge on any atom is 0.251 e. The lowest BCUT2D eigenvalue weighted by Gasteiger charge is -2.36. The summed E-state index contributed by atoms with van der Waals surface area (Å²) in [5, 5.41) is 2.85. The van der Waals surface area contributed by atoms with Crippen LogP contribution in [0.3, 0.4) is 0 Å². The summed E-state index contributed by atoms with van der Waals surface area (Å²) in [6, 6.07) is 22.1. The molecule has 0 spiro atoms. The molecule has 0 radical (unpaired) electrons. The van der Waals surface area contributed by atoms with Crippen molar-refractivity contribution in [1.29, 1.82) is 0 Å². The average Bonchev–Trinajstić information content (AvgIpc) is 2.89. The van der Waals surface area contributed by atoms with Crippen LogP contribution in [0.5, 0.6) is 0 Å². The molecule has 0 unspecified atom stereocenters. The predicted molar refractivity (Wildman–Crippen MR) is 130 cm³/mol. The Kier molecular flexibility index (Phi) is 7.57. The summed E-state index contributed by atoms with van der Waals surface area (Å²) >= 11 is 0. The van der Waals surface area contributed by atoms with Gasteiger partial charge in [0.2, 0.25) is 15.9 Å². The summed E-state index contributed by atoms with van der Waals surface area (Å²) in [4.78, 5) is 27.7. The van der Waals surface area contributed by atoms with E-state index in [1.54, 1.807) is 35.2 Å². The van der Waals surface area contributed by atoms with Crippen molar-refractivity contribution in [2.45, 2.75) is 17.4 Å². The number of rotatable bonds is 7. The number of piperazine rings is 1. The second-order valence-corrected chi connectivity index (χ2v) is 10.2. The molecule has 1 aliphatic heterocycles. The molecule has 4 rings (SSSR count). The normalized spacial score (nSPS) is 15.4. The molecule has 1 atom stereocenters. The van der Waals surface area contributed by atoms with E-state index in [4.69, 9.17) is 0 Å². The number of hydrogen-bond donors (Lipinski definition) is 1. The second-order valence-electron chi connectivity index (χ2n) is 8.27. The van der Waals surface area contributed by atoms with Crippen LogP contribution in [-0.2, 0) is 21.2 Å². The van der Waals surface area contributed by atoms with Crippen LogP contribution in [-0.4, -0.2) is 61.7 Å². The Hall–Kier alpha value is -3.56. The lowest BCUT2D eigenvalue weighted by atomic mass is 10.0. The van der Waals surface area contributed by atoms with E-state index in [2.05, 4.69) is 5.32 Å². The maximum absolute atomic E-state index is 13.6. The summed E-state index contributed by atoms with van der Waals surface area (Å²) < 4.78 is 40.6. The van der Waals surface area contributed by atoms with Crippen molar-refractivity contribution in [3.63, 3.8) is 0 Å². The highest BCUT2D eigenvalue weighted by Crippen LogP contribution is 2.19. The van der Waals surface area contributed by atoms with E-state index in [0.717, 1.165) is 11.6 Å². The largest absolute Gasteiger partial charge is 0.340 e. The topological polar surface area (TPSA) is 86.8 Å². The Bertz CT molecular complexity index is 1280. The SMILES string of the molecule is O=C(N[C@@H](Cc1ccccc1)C(=O)N1CCN(S(=O)(=O)c2cccc(F)c2)CC1)c1ccccc1. The van der Waals surface area contributed by atoms with Gasteiger partial charge in [0.25, 0.3) is 5.91 Å². The summed E-state index contributed by atoms with van der Waals surface area (Å²) in [5.41, 5.74) is 1.34. The molecule has 1 fully saturated rings. The van der Waals surface area contributed by atoms with Gasteiger partial charge in [-0.05, 0) is 35.9 Å². The van der Waals surface area contributed by atoms with Crippen molar-refractivity contribution in [2.75, 3.05) is 26.2 Å². The molecule has 0 aliphatic carbocycles. The van der Waals surface area contributed by atoms with E-state index in [-0.39, 0.29) is 42.9 Å². The monoisotopic (exact) mass is 495 g/mol. The van der Waals surface area contributed by atoms with Gasteiger partial charge in [-0.2, -0.15) is 4.31 Å². The molecular formula is C26H26FN3O4S. The lowest BCUT2D eigenvalue weighted by molar-refractivity contribution is -0.134. The molecule has 0 bridgehead atoms. The highest BCUT2D eigenvalue weighted by Gasteiger charge is 2.33. The zero-order valence-corrected chi connectivity index (χ0v) is 19.8. The number of sulfonamides is 1. The third-order valence-corrected chi connectivity index (χ3v) is 7.80. The van der Waals surface area contributed by atoms with Crippen molar-refractivity contribution in [3.05, 3.63) is 102 Å². The molecule has 35 heavy (non-hydrogen) atoms. The van der Waals surface area contributed by atoms with Gasteiger partial charge < -0.3 is 10.2 Å². The molecule has 0 saturated carbocycles. The number of halogens is 1. The fourth-order valence-corrected chi connectivity index (χ4v) is 5.48. The van der Waals surface area contributed by atoms with E-state index in [0.29, 0.717) is 12.0 Å². The van der Waals surface area contributed by atoms with Gasteiger partial charge in [0, 0.05) is 38.2 Å². The van der Waals surface area contributed by atoms with Gasteiger partial charge >= 0.3 is 0 Å².